The second-order valence-electron chi connectivity index (χ2n) is 9.94. The van der Waals surface area contributed by atoms with Gasteiger partial charge in [0.1, 0.15) is 0 Å². The van der Waals surface area contributed by atoms with Crippen LogP contribution in [0.5, 0.6) is 0 Å². The predicted molar refractivity (Wildman–Crippen MR) is 133 cm³/mol. The Morgan fingerprint density at radius 2 is 1.67 bits per heavy atom. The fourth-order valence-corrected chi connectivity index (χ4v) is 7.00. The molecule has 5 heteroatoms. The number of nitrogens with one attached hydrogen (secondary N) is 1. The van der Waals surface area contributed by atoms with Crippen molar-refractivity contribution in [3.8, 4) is 0 Å². The van der Waals surface area contributed by atoms with Gasteiger partial charge in [0.2, 0.25) is 5.91 Å². The highest BCUT2D eigenvalue weighted by Crippen LogP contribution is 2.55. The number of carbonyl (C=O) groups excluding carboxylic acids is 1. The average molecular weight is 458 g/mol. The van der Waals surface area contributed by atoms with Crippen LogP contribution in [0.3, 0.4) is 0 Å². The third-order valence-corrected chi connectivity index (χ3v) is 8.79. The van der Waals surface area contributed by atoms with E-state index in [1.54, 1.807) is 11.3 Å². The number of thiazole rings is 1. The van der Waals surface area contributed by atoms with Crippen LogP contribution in [-0.4, -0.2) is 35.4 Å². The molecule has 1 saturated heterocycles. The van der Waals surface area contributed by atoms with Crippen LogP contribution in [0.25, 0.3) is 0 Å². The number of hydrogen-bond donors (Lipinski definition) is 1. The number of rotatable bonds is 5. The first-order valence-electron chi connectivity index (χ1n) is 12.3. The summed E-state index contributed by atoms with van der Waals surface area (Å²) in [5.74, 6) is 1.71. The number of aromatic nitrogens is 1. The van der Waals surface area contributed by atoms with Crippen LogP contribution in [0.1, 0.15) is 64.1 Å². The number of nitrogens with zero attached hydrogens (tertiary/aromatic N) is 2. The summed E-state index contributed by atoms with van der Waals surface area (Å²) in [6.45, 7) is 5.69. The molecule has 1 N–H and O–H groups in total. The molecule has 170 valence electrons. The van der Waals surface area contributed by atoms with Crippen LogP contribution < -0.4 is 5.32 Å². The monoisotopic (exact) mass is 457 g/mol. The van der Waals surface area contributed by atoms with Crippen molar-refractivity contribution in [2.24, 2.45) is 11.8 Å². The number of hydrogen-bond acceptors (Lipinski definition) is 4. The van der Waals surface area contributed by atoms with E-state index in [1.165, 1.54) is 22.3 Å². The molecule has 3 aliphatic carbocycles. The van der Waals surface area contributed by atoms with Gasteiger partial charge in [-0.05, 0) is 67.4 Å². The van der Waals surface area contributed by atoms with Crippen LogP contribution >= 0.6 is 11.3 Å². The molecular formula is C28H31N3OS. The van der Waals surface area contributed by atoms with E-state index in [0.717, 1.165) is 56.1 Å². The zero-order valence-corrected chi connectivity index (χ0v) is 20.0. The number of aryl methyl sites for hydroxylation is 1. The molecular weight excluding hydrogens is 426 g/mol. The molecule has 3 aromatic rings. The van der Waals surface area contributed by atoms with Gasteiger partial charge in [0.05, 0.1) is 10.7 Å². The Balaban J connectivity index is 1.08. The molecule has 0 saturated carbocycles. The zero-order chi connectivity index (χ0) is 22.4. The van der Waals surface area contributed by atoms with Crippen LogP contribution in [0.4, 0.5) is 0 Å². The first-order valence-corrected chi connectivity index (χ1v) is 13.1. The van der Waals surface area contributed by atoms with Gasteiger partial charge in [0.15, 0.2) is 0 Å². The lowest BCUT2D eigenvalue weighted by Gasteiger charge is -2.45. The molecule has 1 atom stereocenters. The molecule has 0 radical (unpaired) electrons. The lowest BCUT2D eigenvalue weighted by molar-refractivity contribution is -0.126. The van der Waals surface area contributed by atoms with Crippen molar-refractivity contribution in [1.29, 1.82) is 0 Å². The smallest absolute Gasteiger partial charge is 0.223 e. The Bertz CT molecular complexity index is 1120. The molecule has 0 spiro atoms. The van der Waals surface area contributed by atoms with Gasteiger partial charge >= 0.3 is 0 Å². The quantitative estimate of drug-likeness (QED) is 0.581. The lowest BCUT2D eigenvalue weighted by atomic mass is 9.59. The molecule has 1 amide bonds. The summed E-state index contributed by atoms with van der Waals surface area (Å²) in [4.78, 5) is 20.1. The normalized spacial score (nSPS) is 24.3. The van der Waals surface area contributed by atoms with Crippen LogP contribution in [0.2, 0.25) is 0 Å². The maximum Gasteiger partial charge on any atom is 0.223 e. The number of carbonyl (C=O) groups is 1. The molecule has 2 heterocycles. The predicted octanol–water partition coefficient (Wildman–Crippen LogP) is 5.08. The average Bonchev–Trinajstić information content (AvgIpc) is 3.27. The van der Waals surface area contributed by atoms with Gasteiger partial charge in [-0.25, -0.2) is 4.98 Å². The highest BCUT2D eigenvalue weighted by atomic mass is 32.1. The van der Waals surface area contributed by atoms with Gasteiger partial charge in [0.25, 0.3) is 0 Å². The van der Waals surface area contributed by atoms with E-state index in [4.69, 9.17) is 0 Å². The summed E-state index contributed by atoms with van der Waals surface area (Å²) in [6.07, 6.45) is 3.01. The van der Waals surface area contributed by atoms with Crippen molar-refractivity contribution in [3.63, 3.8) is 0 Å². The molecule has 2 aromatic carbocycles. The fourth-order valence-electron chi connectivity index (χ4n) is 6.40. The highest BCUT2D eigenvalue weighted by molar-refractivity contribution is 7.09. The molecule has 1 aromatic heterocycles. The van der Waals surface area contributed by atoms with Crippen molar-refractivity contribution in [1.82, 2.24) is 15.2 Å². The maximum absolute atomic E-state index is 13.1. The molecule has 2 bridgehead atoms. The van der Waals surface area contributed by atoms with E-state index in [2.05, 4.69) is 76.0 Å². The number of piperidine rings is 1. The Hall–Kier alpha value is -2.50. The maximum atomic E-state index is 13.1. The minimum atomic E-state index is 0.138. The second-order valence-corrected chi connectivity index (χ2v) is 11.0. The number of amides is 1. The Morgan fingerprint density at radius 1 is 1.03 bits per heavy atom. The van der Waals surface area contributed by atoms with E-state index >= 15 is 0 Å². The summed E-state index contributed by atoms with van der Waals surface area (Å²) in [5.41, 5.74) is 7.08. The number of benzene rings is 2. The number of fused-ring (bicyclic) bond motifs is 1. The van der Waals surface area contributed by atoms with E-state index in [-0.39, 0.29) is 11.8 Å². The van der Waals surface area contributed by atoms with Crippen LogP contribution in [0.15, 0.2) is 53.9 Å². The second kappa shape index (κ2) is 8.69. The van der Waals surface area contributed by atoms with Crippen LogP contribution in [-0.2, 0) is 11.3 Å². The van der Waals surface area contributed by atoms with Gasteiger partial charge in [0, 0.05) is 36.2 Å². The van der Waals surface area contributed by atoms with Gasteiger partial charge < -0.3 is 5.32 Å². The summed E-state index contributed by atoms with van der Waals surface area (Å²) in [6, 6.07) is 17.9. The van der Waals surface area contributed by atoms with E-state index in [9.17, 15) is 4.79 Å². The summed E-state index contributed by atoms with van der Waals surface area (Å²) < 4.78 is 0. The van der Waals surface area contributed by atoms with E-state index in [1.807, 2.05) is 0 Å². The van der Waals surface area contributed by atoms with Crippen LogP contribution in [0, 0.1) is 18.8 Å². The van der Waals surface area contributed by atoms with Gasteiger partial charge in [-0.2, -0.15) is 0 Å². The van der Waals surface area contributed by atoms with Gasteiger partial charge in [-0.1, -0.05) is 48.5 Å². The standard InChI is InChI=1S/C28H31N3OS/c1-18-30-21(17-33-18)16-31-12-10-19(11-13-31)28(32)29-15-20-14-26-22-6-2-4-8-24(22)27(20)25-9-5-3-7-23(25)26/h2-9,17,19-20,26-27H,10-16H2,1H3,(H,29,32). The zero-order valence-electron chi connectivity index (χ0n) is 19.2. The molecule has 4 nitrogen and oxygen atoms in total. The molecule has 33 heavy (non-hydrogen) atoms. The SMILES string of the molecule is Cc1nc(CN2CCC(C(=O)NCC3CC4c5ccccc5C3c3ccccc34)CC2)cs1. The van der Waals surface area contributed by atoms with Crippen molar-refractivity contribution >= 4 is 17.2 Å². The van der Waals surface area contributed by atoms with Gasteiger partial charge in [-0.15, -0.1) is 11.3 Å². The largest absolute Gasteiger partial charge is 0.356 e. The first kappa shape index (κ1) is 21.1. The Labute approximate surface area is 200 Å². The summed E-state index contributed by atoms with van der Waals surface area (Å²) in [7, 11) is 0. The molecule has 4 aliphatic rings. The topological polar surface area (TPSA) is 45.2 Å². The fraction of sp³-hybridized carbons (Fsp3) is 0.429. The first-order chi connectivity index (χ1) is 16.2. The molecule has 7 rings (SSSR count). The molecule has 1 aliphatic heterocycles. The Morgan fingerprint density at radius 3 is 2.27 bits per heavy atom. The third kappa shape index (κ3) is 3.91. The minimum Gasteiger partial charge on any atom is -0.356 e. The summed E-state index contributed by atoms with van der Waals surface area (Å²) in [5, 5.41) is 6.65. The van der Waals surface area contributed by atoms with E-state index in [0.29, 0.717) is 17.8 Å². The summed E-state index contributed by atoms with van der Waals surface area (Å²) >= 11 is 1.71. The van der Waals surface area contributed by atoms with E-state index < -0.39 is 0 Å². The molecule has 1 fully saturated rings. The lowest BCUT2D eigenvalue weighted by Crippen LogP contribution is -2.43. The highest BCUT2D eigenvalue weighted by Gasteiger charge is 2.43. The molecule has 1 unspecified atom stereocenters. The number of likely N-dealkylation sites (tertiary alicyclic amines) is 1. The minimum absolute atomic E-state index is 0.138. The Kier molecular flexibility index (Phi) is 5.55. The third-order valence-electron chi connectivity index (χ3n) is 7.97. The van der Waals surface area contributed by atoms with Crippen molar-refractivity contribution in [2.75, 3.05) is 19.6 Å². The van der Waals surface area contributed by atoms with Crippen molar-refractivity contribution in [2.45, 2.75) is 44.6 Å². The van der Waals surface area contributed by atoms with Gasteiger partial charge in [-0.3, -0.25) is 9.69 Å². The van der Waals surface area contributed by atoms with Crippen molar-refractivity contribution < 1.29 is 4.79 Å². The van der Waals surface area contributed by atoms with Crippen molar-refractivity contribution in [3.05, 3.63) is 86.9 Å².